The van der Waals surface area contributed by atoms with Crippen LogP contribution < -0.4 is 14.2 Å². The monoisotopic (exact) mass is 473 g/mol. The summed E-state index contributed by atoms with van der Waals surface area (Å²) in [4.78, 5) is 31.6. The molecule has 0 N–H and O–H groups in total. The Bertz CT molecular complexity index is 927. The Balaban J connectivity index is 2.25. The number of rotatable bonds is 13. The summed E-state index contributed by atoms with van der Waals surface area (Å²) in [6, 6.07) is 12.7. The third-order valence-corrected chi connectivity index (χ3v) is 5.34. The Hall–Kier alpha value is -3.26. The zero-order chi connectivity index (χ0) is 25.1. The maximum absolute atomic E-state index is 13.3. The van der Waals surface area contributed by atoms with E-state index in [-0.39, 0.29) is 31.4 Å². The van der Waals surface area contributed by atoms with Crippen LogP contribution in [-0.4, -0.2) is 45.4 Å². The van der Waals surface area contributed by atoms with Crippen molar-refractivity contribution < 1.29 is 33.4 Å². The first-order valence-electron chi connectivity index (χ1n) is 11.2. The van der Waals surface area contributed by atoms with Gasteiger partial charge in [-0.3, -0.25) is 14.4 Å². The average Bonchev–Trinajstić information content (AvgIpc) is 2.85. The fourth-order valence-corrected chi connectivity index (χ4v) is 3.53. The lowest BCUT2D eigenvalue weighted by Crippen LogP contribution is -2.34. The van der Waals surface area contributed by atoms with Gasteiger partial charge in [0.1, 0.15) is 23.9 Å². The first-order chi connectivity index (χ1) is 16.3. The molecule has 1 amide bonds. The smallest absolute Gasteiger partial charge is 0.309 e. The van der Waals surface area contributed by atoms with Gasteiger partial charge in [0.05, 0.1) is 40.9 Å². The van der Waals surface area contributed by atoms with Gasteiger partial charge in [-0.25, -0.2) is 5.06 Å². The molecule has 0 bridgehead atoms. The number of hydrogen-bond acceptors (Lipinski definition) is 7. The first-order valence-corrected chi connectivity index (χ1v) is 11.2. The summed E-state index contributed by atoms with van der Waals surface area (Å²) in [6.07, 6.45) is 0.516. The summed E-state index contributed by atoms with van der Waals surface area (Å²) in [6.45, 7) is 4.31. The van der Waals surface area contributed by atoms with E-state index in [9.17, 15) is 9.59 Å². The highest BCUT2D eigenvalue weighted by Gasteiger charge is 2.27. The second-order valence-electron chi connectivity index (χ2n) is 8.28. The third kappa shape index (κ3) is 7.95. The van der Waals surface area contributed by atoms with E-state index in [1.54, 1.807) is 33.5 Å². The van der Waals surface area contributed by atoms with Gasteiger partial charge in [0.25, 0.3) is 0 Å². The van der Waals surface area contributed by atoms with Gasteiger partial charge in [-0.2, -0.15) is 0 Å². The Morgan fingerprint density at radius 3 is 2.09 bits per heavy atom. The molecule has 0 aromatic heterocycles. The van der Waals surface area contributed by atoms with Gasteiger partial charge in [0.2, 0.25) is 5.91 Å². The van der Waals surface area contributed by atoms with Crippen molar-refractivity contribution in [3.63, 3.8) is 0 Å². The Morgan fingerprint density at radius 1 is 0.882 bits per heavy atom. The van der Waals surface area contributed by atoms with Crippen molar-refractivity contribution in [3.05, 3.63) is 53.6 Å². The van der Waals surface area contributed by atoms with Gasteiger partial charge in [-0.15, -0.1) is 0 Å². The standard InChI is InChI=1S/C26H35NO7/c1-18(2)13-21(26(29)33-6)14-25(28)27(34-17-19-7-10-22(30-3)11-8-19)16-20-9-12-23(31-4)15-24(20)32-5/h7-12,15,18,21H,13-14,16-17H2,1-6H3/t21-/m1/s1. The van der Waals surface area contributed by atoms with Crippen molar-refractivity contribution in [2.45, 2.75) is 39.8 Å². The molecule has 2 aromatic rings. The first kappa shape index (κ1) is 27.0. The zero-order valence-electron chi connectivity index (χ0n) is 20.8. The number of ether oxygens (including phenoxy) is 4. The minimum absolute atomic E-state index is 0.0219. The SMILES string of the molecule is COC(=O)[C@@H](CC(=O)N(Cc1ccc(OC)cc1OC)OCc1ccc(OC)cc1)CC(C)C. The van der Waals surface area contributed by atoms with E-state index in [4.69, 9.17) is 23.8 Å². The highest BCUT2D eigenvalue weighted by atomic mass is 16.7. The predicted molar refractivity (Wildman–Crippen MR) is 127 cm³/mol. The fourth-order valence-electron chi connectivity index (χ4n) is 3.53. The number of benzene rings is 2. The molecule has 0 spiro atoms. The van der Waals surface area contributed by atoms with E-state index in [0.29, 0.717) is 17.9 Å². The highest BCUT2D eigenvalue weighted by molar-refractivity contribution is 5.82. The van der Waals surface area contributed by atoms with Crippen molar-refractivity contribution in [1.82, 2.24) is 5.06 Å². The van der Waals surface area contributed by atoms with Crippen LogP contribution in [0.4, 0.5) is 0 Å². The van der Waals surface area contributed by atoms with Gasteiger partial charge in [0.15, 0.2) is 0 Å². The highest BCUT2D eigenvalue weighted by Crippen LogP contribution is 2.27. The quantitative estimate of drug-likeness (QED) is 0.315. The number of nitrogens with zero attached hydrogens (tertiary/aromatic N) is 1. The van der Waals surface area contributed by atoms with Crippen LogP contribution in [0.3, 0.4) is 0 Å². The molecule has 0 aliphatic carbocycles. The number of methoxy groups -OCH3 is 4. The summed E-state index contributed by atoms with van der Waals surface area (Å²) in [5.41, 5.74) is 1.61. The van der Waals surface area contributed by atoms with Crippen LogP contribution in [0.15, 0.2) is 42.5 Å². The van der Waals surface area contributed by atoms with Crippen molar-refractivity contribution in [1.29, 1.82) is 0 Å². The van der Waals surface area contributed by atoms with E-state index >= 15 is 0 Å². The van der Waals surface area contributed by atoms with Crippen molar-refractivity contribution >= 4 is 11.9 Å². The molecule has 0 fully saturated rings. The van der Waals surface area contributed by atoms with Crippen molar-refractivity contribution in [2.75, 3.05) is 28.4 Å². The van der Waals surface area contributed by atoms with Gasteiger partial charge < -0.3 is 18.9 Å². The number of hydrogen-bond donors (Lipinski definition) is 0. The van der Waals surface area contributed by atoms with E-state index in [0.717, 1.165) is 16.9 Å². The number of carbonyl (C=O) groups excluding carboxylic acids is 2. The molecule has 34 heavy (non-hydrogen) atoms. The van der Waals surface area contributed by atoms with Crippen LogP contribution in [0.5, 0.6) is 17.2 Å². The molecule has 0 saturated heterocycles. The lowest BCUT2D eigenvalue weighted by molar-refractivity contribution is -0.197. The Kier molecular flexibility index (Phi) is 10.7. The van der Waals surface area contributed by atoms with E-state index < -0.39 is 11.9 Å². The molecule has 0 aliphatic heterocycles. The molecule has 2 rings (SSSR count). The van der Waals surface area contributed by atoms with Gasteiger partial charge >= 0.3 is 5.97 Å². The largest absolute Gasteiger partial charge is 0.497 e. The molecule has 0 radical (unpaired) electrons. The van der Waals surface area contributed by atoms with Crippen LogP contribution in [0, 0.1) is 11.8 Å². The summed E-state index contributed by atoms with van der Waals surface area (Å²) in [5, 5.41) is 1.28. The Labute approximate surface area is 201 Å². The lowest BCUT2D eigenvalue weighted by atomic mass is 9.94. The molecule has 0 saturated carbocycles. The van der Waals surface area contributed by atoms with Gasteiger partial charge in [-0.05, 0) is 42.2 Å². The number of esters is 1. The molecular weight excluding hydrogens is 438 g/mol. The van der Waals surface area contributed by atoms with Gasteiger partial charge in [0, 0.05) is 18.1 Å². The number of hydroxylamine groups is 2. The number of amides is 1. The second-order valence-corrected chi connectivity index (χ2v) is 8.28. The Morgan fingerprint density at radius 2 is 1.53 bits per heavy atom. The molecule has 1 atom stereocenters. The van der Waals surface area contributed by atoms with E-state index in [1.807, 2.05) is 44.2 Å². The zero-order valence-corrected chi connectivity index (χ0v) is 20.8. The molecular formula is C26H35NO7. The fraction of sp³-hybridized carbons (Fsp3) is 0.462. The minimum atomic E-state index is -0.553. The van der Waals surface area contributed by atoms with Crippen molar-refractivity contribution in [3.8, 4) is 17.2 Å². The van der Waals surface area contributed by atoms with Crippen LogP contribution in [0.1, 0.15) is 37.8 Å². The van der Waals surface area contributed by atoms with Crippen LogP contribution in [-0.2, 0) is 32.3 Å². The third-order valence-electron chi connectivity index (χ3n) is 5.34. The number of carbonyl (C=O) groups is 2. The topological polar surface area (TPSA) is 83.5 Å². The molecule has 186 valence electrons. The molecule has 0 heterocycles. The summed E-state index contributed by atoms with van der Waals surface area (Å²) in [7, 11) is 6.06. The molecule has 2 aromatic carbocycles. The maximum Gasteiger partial charge on any atom is 0.309 e. The molecule has 8 nitrogen and oxygen atoms in total. The molecule has 0 aliphatic rings. The predicted octanol–water partition coefficient (Wildman–Crippen LogP) is 4.40. The van der Waals surface area contributed by atoms with Crippen LogP contribution in [0.25, 0.3) is 0 Å². The summed E-state index contributed by atoms with van der Waals surface area (Å²) in [5.74, 6) is 0.891. The normalized spacial score (nSPS) is 11.6. The maximum atomic E-state index is 13.3. The van der Waals surface area contributed by atoms with Crippen LogP contribution in [0.2, 0.25) is 0 Å². The summed E-state index contributed by atoms with van der Waals surface area (Å²) < 4.78 is 20.9. The molecule has 8 heteroatoms. The van der Waals surface area contributed by atoms with Crippen molar-refractivity contribution in [2.24, 2.45) is 11.8 Å². The van der Waals surface area contributed by atoms with Gasteiger partial charge in [-0.1, -0.05) is 26.0 Å². The van der Waals surface area contributed by atoms with E-state index in [1.165, 1.54) is 12.2 Å². The van der Waals surface area contributed by atoms with E-state index in [2.05, 4.69) is 0 Å². The minimum Gasteiger partial charge on any atom is -0.497 e. The average molecular weight is 474 g/mol. The second kappa shape index (κ2) is 13.4. The van der Waals surface area contributed by atoms with Crippen LogP contribution >= 0.6 is 0 Å². The lowest BCUT2D eigenvalue weighted by Gasteiger charge is -2.25. The summed E-state index contributed by atoms with van der Waals surface area (Å²) >= 11 is 0. The molecule has 0 unspecified atom stereocenters.